The predicted octanol–water partition coefficient (Wildman–Crippen LogP) is 2.56. The van der Waals surface area contributed by atoms with Gasteiger partial charge in [-0.15, -0.1) is 0 Å². The highest BCUT2D eigenvalue weighted by Crippen LogP contribution is 2.28. The van der Waals surface area contributed by atoms with E-state index < -0.39 is 5.82 Å². The number of hydrogen-bond donors (Lipinski definition) is 3. The van der Waals surface area contributed by atoms with Crippen LogP contribution in [0, 0.1) is 5.82 Å². The van der Waals surface area contributed by atoms with Crippen LogP contribution in [0.1, 0.15) is 17.1 Å². The molecule has 0 bridgehead atoms. The van der Waals surface area contributed by atoms with E-state index in [1.807, 2.05) is 29.2 Å². The summed E-state index contributed by atoms with van der Waals surface area (Å²) in [5.41, 5.74) is 2.08. The van der Waals surface area contributed by atoms with E-state index in [4.69, 9.17) is 14.2 Å². The van der Waals surface area contributed by atoms with E-state index in [0.717, 1.165) is 36.5 Å². The van der Waals surface area contributed by atoms with Crippen LogP contribution in [0.15, 0.2) is 36.7 Å². The maximum absolute atomic E-state index is 13.1. The van der Waals surface area contributed by atoms with E-state index in [9.17, 15) is 4.39 Å². The zero-order chi connectivity index (χ0) is 27.7. The molecule has 3 aromatic heterocycles. The zero-order valence-electron chi connectivity index (χ0n) is 22.4. The summed E-state index contributed by atoms with van der Waals surface area (Å²) in [4.78, 5) is 23.8. The maximum Gasteiger partial charge on any atom is 0.235 e. The van der Waals surface area contributed by atoms with Gasteiger partial charge in [0, 0.05) is 37.8 Å². The molecular formula is C26H31FN10O3. The van der Waals surface area contributed by atoms with Crippen molar-refractivity contribution in [1.29, 1.82) is 0 Å². The predicted molar refractivity (Wildman–Crippen MR) is 146 cm³/mol. The molecule has 0 unspecified atom stereocenters. The van der Waals surface area contributed by atoms with E-state index in [1.54, 1.807) is 14.2 Å². The Morgan fingerprint density at radius 2 is 1.73 bits per heavy atom. The standard InChI is InChI=1S/C26H31FN10O3/c1-38-20-6-4-17(13-21(20)39-2)3-5-19-14-23(36-35-19)31-25-32-24(28-8-7-22-29-15-18(27)16-30-22)33-26(34-25)37-9-11-40-12-10-37/h4,6,13-16H,3,5,7-12H2,1-2H3,(H3,28,31,32,33,34,35,36). The molecule has 0 amide bonds. The molecule has 5 rings (SSSR count). The van der Waals surface area contributed by atoms with Crippen molar-refractivity contribution in [3.8, 4) is 11.5 Å². The van der Waals surface area contributed by atoms with Gasteiger partial charge in [0.15, 0.2) is 23.1 Å². The van der Waals surface area contributed by atoms with Crippen molar-refractivity contribution in [3.05, 3.63) is 59.6 Å². The Kier molecular flexibility index (Phi) is 8.76. The molecular weight excluding hydrogens is 519 g/mol. The van der Waals surface area contributed by atoms with Crippen molar-refractivity contribution < 1.29 is 18.6 Å². The minimum absolute atomic E-state index is 0.356. The van der Waals surface area contributed by atoms with Crippen LogP contribution in [-0.4, -0.2) is 82.2 Å². The molecule has 14 heteroatoms. The highest BCUT2D eigenvalue weighted by atomic mass is 19.1. The third kappa shape index (κ3) is 7.08. The third-order valence-electron chi connectivity index (χ3n) is 6.22. The number of H-pyrrole nitrogens is 1. The summed E-state index contributed by atoms with van der Waals surface area (Å²) in [6.45, 7) is 3.01. The second-order valence-corrected chi connectivity index (χ2v) is 8.97. The summed E-state index contributed by atoms with van der Waals surface area (Å²) in [5, 5.41) is 13.8. The summed E-state index contributed by atoms with van der Waals surface area (Å²) in [7, 11) is 3.25. The lowest BCUT2D eigenvalue weighted by Crippen LogP contribution is -2.37. The zero-order valence-corrected chi connectivity index (χ0v) is 22.4. The number of aromatic amines is 1. The fraction of sp³-hybridized carbons (Fsp3) is 0.385. The van der Waals surface area contributed by atoms with Crippen molar-refractivity contribution >= 4 is 23.7 Å². The van der Waals surface area contributed by atoms with Gasteiger partial charge in [0.25, 0.3) is 0 Å². The Bertz CT molecular complexity index is 1400. The molecule has 1 fully saturated rings. The Hall–Kier alpha value is -4.59. The highest BCUT2D eigenvalue weighted by Gasteiger charge is 2.17. The molecule has 1 saturated heterocycles. The van der Waals surface area contributed by atoms with Crippen molar-refractivity contribution in [2.45, 2.75) is 19.3 Å². The van der Waals surface area contributed by atoms with Gasteiger partial charge < -0.3 is 29.7 Å². The lowest BCUT2D eigenvalue weighted by Gasteiger charge is -2.27. The summed E-state index contributed by atoms with van der Waals surface area (Å²) in [5.74, 6) is 3.32. The fourth-order valence-electron chi connectivity index (χ4n) is 4.14. The Balaban J connectivity index is 1.25. The molecule has 0 radical (unpaired) electrons. The van der Waals surface area contributed by atoms with Crippen LogP contribution in [0.3, 0.4) is 0 Å². The number of rotatable bonds is 12. The van der Waals surface area contributed by atoms with E-state index in [0.29, 0.717) is 80.3 Å². The minimum Gasteiger partial charge on any atom is -0.493 e. The van der Waals surface area contributed by atoms with Crippen LogP contribution in [0.4, 0.5) is 28.1 Å². The van der Waals surface area contributed by atoms with Crippen LogP contribution in [0.25, 0.3) is 0 Å². The average molecular weight is 551 g/mol. The largest absolute Gasteiger partial charge is 0.493 e. The molecule has 1 aromatic carbocycles. The number of aromatic nitrogens is 7. The first kappa shape index (κ1) is 27.0. The van der Waals surface area contributed by atoms with E-state index in [-0.39, 0.29) is 0 Å². The normalized spacial score (nSPS) is 13.2. The van der Waals surface area contributed by atoms with Crippen LogP contribution in [-0.2, 0) is 24.0 Å². The van der Waals surface area contributed by atoms with Crippen LogP contribution >= 0.6 is 0 Å². The van der Waals surface area contributed by atoms with Gasteiger partial charge in [-0.3, -0.25) is 5.10 Å². The molecule has 1 aliphatic heterocycles. The molecule has 210 valence electrons. The number of nitrogens with one attached hydrogen (secondary N) is 3. The molecule has 0 atom stereocenters. The number of hydrogen-bond acceptors (Lipinski definition) is 12. The topological polar surface area (TPSA) is 148 Å². The number of aryl methyl sites for hydroxylation is 2. The molecule has 13 nitrogen and oxygen atoms in total. The lowest BCUT2D eigenvalue weighted by atomic mass is 10.1. The number of halogens is 1. The number of benzene rings is 1. The van der Waals surface area contributed by atoms with Crippen LogP contribution in [0.2, 0.25) is 0 Å². The summed E-state index contributed by atoms with van der Waals surface area (Å²) < 4.78 is 29.3. The Morgan fingerprint density at radius 1 is 0.950 bits per heavy atom. The van der Waals surface area contributed by atoms with E-state index >= 15 is 0 Å². The highest BCUT2D eigenvalue weighted by molar-refractivity contribution is 5.52. The van der Waals surface area contributed by atoms with E-state index in [1.165, 1.54) is 0 Å². The molecule has 4 aromatic rings. The minimum atomic E-state index is -0.470. The first-order valence-electron chi connectivity index (χ1n) is 12.9. The van der Waals surface area contributed by atoms with Gasteiger partial charge >= 0.3 is 0 Å². The van der Waals surface area contributed by atoms with Gasteiger partial charge in [0.05, 0.1) is 39.8 Å². The Labute approximate surface area is 230 Å². The van der Waals surface area contributed by atoms with Gasteiger partial charge in [-0.1, -0.05) is 6.07 Å². The number of morpholine rings is 1. The first-order valence-corrected chi connectivity index (χ1v) is 12.9. The van der Waals surface area contributed by atoms with Gasteiger partial charge in [0.1, 0.15) is 5.82 Å². The fourth-order valence-corrected chi connectivity index (χ4v) is 4.14. The molecule has 0 saturated carbocycles. The van der Waals surface area contributed by atoms with Gasteiger partial charge in [-0.05, 0) is 30.5 Å². The van der Waals surface area contributed by atoms with Crippen LogP contribution < -0.4 is 25.0 Å². The van der Waals surface area contributed by atoms with Crippen molar-refractivity contribution in [2.24, 2.45) is 0 Å². The number of nitrogens with zero attached hydrogens (tertiary/aromatic N) is 7. The van der Waals surface area contributed by atoms with Crippen LogP contribution in [0.5, 0.6) is 11.5 Å². The second-order valence-electron chi connectivity index (χ2n) is 8.97. The van der Waals surface area contributed by atoms with Crippen molar-refractivity contribution in [1.82, 2.24) is 35.1 Å². The number of methoxy groups -OCH3 is 2. The quantitative estimate of drug-likeness (QED) is 0.238. The second kappa shape index (κ2) is 13.0. The molecule has 0 aliphatic carbocycles. The molecule has 40 heavy (non-hydrogen) atoms. The number of ether oxygens (including phenoxy) is 3. The molecule has 1 aliphatic rings. The van der Waals surface area contributed by atoms with Crippen molar-refractivity contribution in [3.63, 3.8) is 0 Å². The first-order chi connectivity index (χ1) is 19.6. The van der Waals surface area contributed by atoms with Gasteiger partial charge in [-0.25, -0.2) is 14.4 Å². The van der Waals surface area contributed by atoms with Gasteiger partial charge in [0.2, 0.25) is 17.8 Å². The maximum atomic E-state index is 13.1. The Morgan fingerprint density at radius 3 is 2.50 bits per heavy atom. The third-order valence-corrected chi connectivity index (χ3v) is 6.22. The average Bonchev–Trinajstić information content (AvgIpc) is 3.44. The smallest absolute Gasteiger partial charge is 0.235 e. The molecule has 4 heterocycles. The lowest BCUT2D eigenvalue weighted by molar-refractivity contribution is 0.122. The van der Waals surface area contributed by atoms with Gasteiger partial charge in [-0.2, -0.15) is 20.1 Å². The molecule has 0 spiro atoms. The van der Waals surface area contributed by atoms with E-state index in [2.05, 4.69) is 45.8 Å². The molecule has 3 N–H and O–H groups in total. The monoisotopic (exact) mass is 550 g/mol. The number of anilines is 4. The summed E-state index contributed by atoms with van der Waals surface area (Å²) in [6, 6.07) is 7.83. The SMILES string of the molecule is COc1ccc(CCc2cc(Nc3nc(NCCc4ncc(F)cn4)nc(N4CCOCC4)n3)n[nH]2)cc1OC. The summed E-state index contributed by atoms with van der Waals surface area (Å²) >= 11 is 0. The summed E-state index contributed by atoms with van der Waals surface area (Å²) in [6.07, 6.45) is 4.31. The van der Waals surface area contributed by atoms with Crippen molar-refractivity contribution in [2.75, 3.05) is 62.6 Å².